The first-order valence-electron chi connectivity index (χ1n) is 9.01. The summed E-state index contributed by atoms with van der Waals surface area (Å²) >= 11 is 0. The van der Waals surface area contributed by atoms with Crippen LogP contribution in [0.4, 0.5) is 4.79 Å². The van der Waals surface area contributed by atoms with E-state index >= 15 is 0 Å². The molecule has 0 saturated heterocycles. The Kier molecular flexibility index (Phi) is 8.52. The summed E-state index contributed by atoms with van der Waals surface area (Å²) in [6, 6.07) is 17.9. The van der Waals surface area contributed by atoms with Crippen LogP contribution in [-0.2, 0) is 24.3 Å². The minimum Gasteiger partial charge on any atom is -0.445 e. The molecule has 2 aromatic carbocycles. The third-order valence-corrected chi connectivity index (χ3v) is 4.17. The normalized spacial score (nSPS) is 10.2. The maximum absolute atomic E-state index is 11.7. The van der Waals surface area contributed by atoms with Crippen molar-refractivity contribution in [1.29, 1.82) is 0 Å². The van der Waals surface area contributed by atoms with E-state index in [0.717, 1.165) is 28.7 Å². The summed E-state index contributed by atoms with van der Waals surface area (Å²) in [6.07, 6.45) is 4.18. The van der Waals surface area contributed by atoms with E-state index in [1.165, 1.54) is 0 Å². The Balaban J connectivity index is 0.00000280. The molecule has 0 spiro atoms. The number of alkyl carbamates (subject to hydrolysis) is 1. The number of nitrogens with zero attached hydrogens (tertiary/aromatic N) is 2. The molecule has 3 aromatic rings. The number of nitrogens with two attached hydrogens (primary N) is 1. The zero-order valence-electron chi connectivity index (χ0n) is 15.6. The van der Waals surface area contributed by atoms with Crippen LogP contribution in [0.15, 0.2) is 67.0 Å². The van der Waals surface area contributed by atoms with Gasteiger partial charge in [-0.15, -0.1) is 12.4 Å². The molecule has 0 saturated carbocycles. The second kappa shape index (κ2) is 11.1. The van der Waals surface area contributed by atoms with Gasteiger partial charge < -0.3 is 15.8 Å². The lowest BCUT2D eigenvalue weighted by Crippen LogP contribution is -2.26. The Morgan fingerprint density at radius 1 is 1.04 bits per heavy atom. The van der Waals surface area contributed by atoms with Gasteiger partial charge in [0, 0.05) is 24.8 Å². The topological polar surface area (TPSA) is 82.2 Å². The summed E-state index contributed by atoms with van der Waals surface area (Å²) < 4.78 is 7.04. The number of hydrogen-bond acceptors (Lipinski definition) is 4. The number of nitrogens with one attached hydrogen (secondary N) is 1. The van der Waals surface area contributed by atoms with Crippen LogP contribution in [-0.4, -0.2) is 29.0 Å². The van der Waals surface area contributed by atoms with Crippen molar-refractivity contribution in [3.63, 3.8) is 0 Å². The number of ether oxygens (including phenoxy) is 1. The van der Waals surface area contributed by atoms with Gasteiger partial charge in [0.2, 0.25) is 0 Å². The molecule has 0 aliphatic rings. The quantitative estimate of drug-likeness (QED) is 0.607. The van der Waals surface area contributed by atoms with E-state index in [-0.39, 0.29) is 19.0 Å². The van der Waals surface area contributed by atoms with E-state index in [9.17, 15) is 4.79 Å². The fourth-order valence-corrected chi connectivity index (χ4v) is 2.71. The van der Waals surface area contributed by atoms with Crippen LogP contribution in [0.1, 0.15) is 11.1 Å². The molecule has 0 bridgehead atoms. The zero-order chi connectivity index (χ0) is 18.9. The lowest BCUT2D eigenvalue weighted by Gasteiger charge is -2.07. The molecule has 6 nitrogen and oxygen atoms in total. The molecule has 148 valence electrons. The van der Waals surface area contributed by atoms with Gasteiger partial charge in [-0.2, -0.15) is 5.10 Å². The van der Waals surface area contributed by atoms with Crippen LogP contribution >= 0.6 is 12.4 Å². The molecule has 3 N–H and O–H groups in total. The Morgan fingerprint density at radius 2 is 1.79 bits per heavy atom. The standard InChI is InChI=1S/C21H24N4O2.ClH/c22-11-13-25-15-20(14-24-25)19-8-6-17(7-9-19)10-12-23-21(26)27-16-18-4-2-1-3-5-18;/h1-9,14-15H,10-13,16,22H2,(H,23,26);1H. The highest BCUT2D eigenvalue weighted by Crippen LogP contribution is 2.19. The fraction of sp³-hybridized carbons (Fsp3) is 0.238. The molecular formula is C21H25ClN4O2. The Morgan fingerprint density at radius 3 is 2.50 bits per heavy atom. The van der Waals surface area contributed by atoms with E-state index in [1.54, 1.807) is 0 Å². The van der Waals surface area contributed by atoms with Crippen LogP contribution in [0.25, 0.3) is 11.1 Å². The van der Waals surface area contributed by atoms with Gasteiger partial charge in [0.15, 0.2) is 0 Å². The van der Waals surface area contributed by atoms with E-state index in [4.69, 9.17) is 10.5 Å². The number of carbonyl (C=O) groups excluding carboxylic acids is 1. The highest BCUT2D eigenvalue weighted by molar-refractivity contribution is 5.85. The van der Waals surface area contributed by atoms with Gasteiger partial charge in [0.25, 0.3) is 0 Å². The van der Waals surface area contributed by atoms with Crippen molar-refractivity contribution in [1.82, 2.24) is 15.1 Å². The van der Waals surface area contributed by atoms with Crippen molar-refractivity contribution in [2.75, 3.05) is 13.1 Å². The lowest BCUT2D eigenvalue weighted by molar-refractivity contribution is 0.140. The molecule has 0 fully saturated rings. The number of benzene rings is 2. The van der Waals surface area contributed by atoms with Crippen LogP contribution in [0, 0.1) is 0 Å². The molecule has 1 amide bonds. The Bertz CT molecular complexity index is 850. The van der Waals surface area contributed by atoms with Crippen molar-refractivity contribution in [2.45, 2.75) is 19.6 Å². The van der Waals surface area contributed by atoms with Crippen LogP contribution in [0.2, 0.25) is 0 Å². The first-order valence-corrected chi connectivity index (χ1v) is 9.01. The fourth-order valence-electron chi connectivity index (χ4n) is 2.71. The number of hydrogen-bond donors (Lipinski definition) is 2. The predicted molar refractivity (Wildman–Crippen MR) is 112 cm³/mol. The predicted octanol–water partition coefficient (Wildman–Crippen LogP) is 3.40. The summed E-state index contributed by atoms with van der Waals surface area (Å²) in [7, 11) is 0. The maximum Gasteiger partial charge on any atom is 0.407 e. The summed E-state index contributed by atoms with van der Waals surface area (Å²) in [6.45, 7) is 2.09. The number of rotatable bonds is 8. The minimum absolute atomic E-state index is 0. The van der Waals surface area contributed by atoms with Crippen LogP contribution in [0.5, 0.6) is 0 Å². The molecule has 0 aliphatic carbocycles. The van der Waals surface area contributed by atoms with Gasteiger partial charge in [0.1, 0.15) is 6.61 Å². The van der Waals surface area contributed by atoms with Crippen molar-refractivity contribution < 1.29 is 9.53 Å². The summed E-state index contributed by atoms with van der Waals surface area (Å²) in [4.78, 5) is 11.7. The molecule has 0 aliphatic heterocycles. The van der Waals surface area contributed by atoms with E-state index < -0.39 is 6.09 Å². The van der Waals surface area contributed by atoms with E-state index in [0.29, 0.717) is 19.6 Å². The largest absolute Gasteiger partial charge is 0.445 e. The highest BCUT2D eigenvalue weighted by atomic mass is 35.5. The SMILES string of the molecule is Cl.NCCn1cc(-c2ccc(CCNC(=O)OCc3ccccc3)cc2)cn1. The van der Waals surface area contributed by atoms with E-state index in [1.807, 2.05) is 47.4 Å². The average molecular weight is 401 g/mol. The monoisotopic (exact) mass is 400 g/mol. The van der Waals surface area contributed by atoms with Crippen LogP contribution in [0.3, 0.4) is 0 Å². The molecule has 28 heavy (non-hydrogen) atoms. The van der Waals surface area contributed by atoms with Crippen molar-refractivity contribution in [3.05, 3.63) is 78.1 Å². The Hall–Kier alpha value is -2.83. The van der Waals surface area contributed by atoms with Gasteiger partial charge in [-0.05, 0) is 23.1 Å². The third-order valence-electron chi connectivity index (χ3n) is 4.17. The molecule has 0 radical (unpaired) electrons. The maximum atomic E-state index is 11.7. The summed E-state index contributed by atoms with van der Waals surface area (Å²) in [5.41, 5.74) is 9.84. The van der Waals surface area contributed by atoms with Gasteiger partial charge in [-0.25, -0.2) is 4.79 Å². The molecule has 7 heteroatoms. The van der Waals surface area contributed by atoms with Crippen molar-refractivity contribution in [2.24, 2.45) is 5.73 Å². The Labute approximate surface area is 171 Å². The lowest BCUT2D eigenvalue weighted by atomic mass is 10.1. The average Bonchev–Trinajstić information content (AvgIpc) is 3.17. The number of aromatic nitrogens is 2. The smallest absolute Gasteiger partial charge is 0.407 e. The first-order chi connectivity index (χ1) is 13.2. The molecular weight excluding hydrogens is 376 g/mol. The molecule has 0 unspecified atom stereocenters. The summed E-state index contributed by atoms with van der Waals surface area (Å²) in [5.74, 6) is 0. The van der Waals surface area contributed by atoms with Crippen molar-refractivity contribution >= 4 is 18.5 Å². The highest BCUT2D eigenvalue weighted by Gasteiger charge is 2.04. The van der Waals surface area contributed by atoms with Crippen LogP contribution < -0.4 is 11.1 Å². The summed E-state index contributed by atoms with van der Waals surface area (Å²) in [5, 5.41) is 7.07. The molecule has 0 atom stereocenters. The zero-order valence-corrected chi connectivity index (χ0v) is 16.4. The van der Waals surface area contributed by atoms with Gasteiger partial charge >= 0.3 is 6.09 Å². The number of halogens is 1. The minimum atomic E-state index is -0.400. The van der Waals surface area contributed by atoms with Crippen molar-refractivity contribution in [3.8, 4) is 11.1 Å². The number of amides is 1. The second-order valence-corrected chi connectivity index (χ2v) is 6.22. The van der Waals surface area contributed by atoms with Gasteiger partial charge in [0.05, 0.1) is 12.7 Å². The molecule has 3 rings (SSSR count). The second-order valence-electron chi connectivity index (χ2n) is 6.22. The molecule has 1 heterocycles. The van der Waals surface area contributed by atoms with Gasteiger partial charge in [-0.1, -0.05) is 54.6 Å². The van der Waals surface area contributed by atoms with Gasteiger partial charge in [-0.3, -0.25) is 4.68 Å². The van der Waals surface area contributed by atoms with E-state index in [2.05, 4.69) is 34.7 Å². The molecule has 1 aromatic heterocycles. The third kappa shape index (κ3) is 6.40. The number of carbonyl (C=O) groups is 1. The first kappa shape index (κ1) is 21.5.